The van der Waals surface area contributed by atoms with Gasteiger partial charge in [0.25, 0.3) is 0 Å². The van der Waals surface area contributed by atoms with Crippen molar-refractivity contribution in [2.75, 3.05) is 0 Å². The van der Waals surface area contributed by atoms with Gasteiger partial charge in [-0.05, 0) is 19.1 Å². The normalized spacial score (nSPS) is 10.7. The van der Waals surface area contributed by atoms with Crippen LogP contribution in [0.1, 0.15) is 6.92 Å². The standard InChI is InChI=1S/C12H9ClFNO4/c1-2-15-5-8(19-12(17)18)11(16)6-3-4-7(13)9(14)10(6)15/h3-5H,2H2,1H3,(H,17,18). The van der Waals surface area contributed by atoms with Crippen molar-refractivity contribution in [3.63, 3.8) is 0 Å². The number of hydrogen-bond donors (Lipinski definition) is 1. The number of nitrogens with zero attached hydrogens (tertiary/aromatic N) is 1. The van der Waals surface area contributed by atoms with Gasteiger partial charge in [0.1, 0.15) is 0 Å². The molecule has 5 nitrogen and oxygen atoms in total. The molecule has 19 heavy (non-hydrogen) atoms. The Bertz CT molecular complexity index is 726. The van der Waals surface area contributed by atoms with Crippen molar-refractivity contribution >= 4 is 28.7 Å². The van der Waals surface area contributed by atoms with Crippen molar-refractivity contribution in [1.29, 1.82) is 0 Å². The number of fused-ring (bicyclic) bond motifs is 1. The van der Waals surface area contributed by atoms with Gasteiger partial charge in [-0.1, -0.05) is 11.6 Å². The summed E-state index contributed by atoms with van der Waals surface area (Å²) in [5.74, 6) is -1.09. The largest absolute Gasteiger partial charge is 0.511 e. The summed E-state index contributed by atoms with van der Waals surface area (Å²) in [5.41, 5.74) is -0.671. The molecule has 1 N–H and O–H groups in total. The molecule has 0 radical (unpaired) electrons. The number of benzene rings is 1. The Kier molecular flexibility index (Phi) is 3.44. The number of carboxylic acid groups (broad SMARTS) is 1. The van der Waals surface area contributed by atoms with E-state index in [0.29, 0.717) is 6.54 Å². The van der Waals surface area contributed by atoms with E-state index in [4.69, 9.17) is 16.7 Å². The number of ether oxygens (including phenoxy) is 1. The molecule has 0 bridgehead atoms. The Balaban J connectivity index is 2.87. The molecule has 1 heterocycles. The second-order valence-corrected chi connectivity index (χ2v) is 4.14. The summed E-state index contributed by atoms with van der Waals surface area (Å²) in [5, 5.41) is 8.47. The third-order valence-corrected chi connectivity index (χ3v) is 2.93. The zero-order chi connectivity index (χ0) is 14.2. The van der Waals surface area contributed by atoms with Gasteiger partial charge in [0.15, 0.2) is 11.6 Å². The lowest BCUT2D eigenvalue weighted by atomic mass is 10.2. The molecule has 0 unspecified atom stereocenters. The van der Waals surface area contributed by atoms with Crippen LogP contribution in [0, 0.1) is 5.82 Å². The Labute approximate surface area is 111 Å². The van der Waals surface area contributed by atoms with E-state index in [1.807, 2.05) is 0 Å². The van der Waals surface area contributed by atoms with Crippen LogP contribution < -0.4 is 10.2 Å². The van der Waals surface area contributed by atoms with Gasteiger partial charge in [0.2, 0.25) is 5.43 Å². The molecule has 0 spiro atoms. The average molecular weight is 286 g/mol. The van der Waals surface area contributed by atoms with Crippen LogP contribution in [0.25, 0.3) is 10.9 Å². The van der Waals surface area contributed by atoms with Gasteiger partial charge in [-0.25, -0.2) is 9.18 Å². The predicted molar refractivity (Wildman–Crippen MR) is 67.5 cm³/mol. The SMILES string of the molecule is CCn1cc(OC(=O)O)c(=O)c2ccc(Cl)c(F)c21. The maximum absolute atomic E-state index is 14.0. The lowest BCUT2D eigenvalue weighted by Gasteiger charge is -2.11. The first kappa shape index (κ1) is 13.4. The Hall–Kier alpha value is -2.08. The smallest absolute Gasteiger partial charge is 0.449 e. The lowest BCUT2D eigenvalue weighted by molar-refractivity contribution is 0.144. The van der Waals surface area contributed by atoms with Crippen molar-refractivity contribution in [2.45, 2.75) is 13.5 Å². The third-order valence-electron chi connectivity index (χ3n) is 2.64. The summed E-state index contributed by atoms with van der Waals surface area (Å²) in [6.07, 6.45) is -0.452. The summed E-state index contributed by atoms with van der Waals surface area (Å²) in [6, 6.07) is 2.58. The molecule has 0 fully saturated rings. The molecule has 0 amide bonds. The van der Waals surface area contributed by atoms with Gasteiger partial charge in [-0.15, -0.1) is 0 Å². The van der Waals surface area contributed by atoms with Crippen LogP contribution >= 0.6 is 11.6 Å². The minimum atomic E-state index is -1.60. The van der Waals surface area contributed by atoms with Crippen LogP contribution in [0.5, 0.6) is 5.75 Å². The lowest BCUT2D eigenvalue weighted by Crippen LogP contribution is -2.16. The van der Waals surface area contributed by atoms with E-state index in [-0.39, 0.29) is 21.7 Å². The number of rotatable bonds is 2. The zero-order valence-corrected chi connectivity index (χ0v) is 10.6. The van der Waals surface area contributed by atoms with E-state index >= 15 is 0 Å². The third kappa shape index (κ3) is 2.26. The quantitative estimate of drug-likeness (QED) is 0.862. The summed E-state index contributed by atoms with van der Waals surface area (Å²) < 4.78 is 19.7. The monoisotopic (exact) mass is 285 g/mol. The molecule has 7 heteroatoms. The molecule has 0 aliphatic heterocycles. The van der Waals surface area contributed by atoms with E-state index in [9.17, 15) is 14.0 Å². The molecule has 0 saturated heterocycles. The van der Waals surface area contributed by atoms with Crippen molar-refractivity contribution in [3.8, 4) is 5.75 Å². The molecule has 0 saturated carbocycles. The fraction of sp³-hybridized carbons (Fsp3) is 0.167. The molecule has 0 aliphatic rings. The van der Waals surface area contributed by atoms with Gasteiger partial charge in [-0.3, -0.25) is 4.79 Å². The Morgan fingerprint density at radius 2 is 2.21 bits per heavy atom. The van der Waals surface area contributed by atoms with Gasteiger partial charge >= 0.3 is 6.16 Å². The molecule has 0 atom stereocenters. The number of pyridine rings is 1. The predicted octanol–water partition coefficient (Wildman–Crippen LogP) is 2.87. The number of hydrogen-bond acceptors (Lipinski definition) is 3. The maximum Gasteiger partial charge on any atom is 0.511 e. The fourth-order valence-corrected chi connectivity index (χ4v) is 1.97. The molecule has 2 rings (SSSR count). The minimum absolute atomic E-state index is 0.0162. The maximum atomic E-state index is 14.0. The molecular formula is C12H9ClFNO4. The highest BCUT2D eigenvalue weighted by Crippen LogP contribution is 2.24. The van der Waals surface area contributed by atoms with Crippen LogP contribution in [-0.2, 0) is 6.54 Å². The van der Waals surface area contributed by atoms with Crippen LogP contribution in [0.2, 0.25) is 5.02 Å². The summed E-state index contributed by atoms with van der Waals surface area (Å²) in [4.78, 5) is 22.5. The molecule has 2 aromatic rings. The highest BCUT2D eigenvalue weighted by molar-refractivity contribution is 6.31. The number of aryl methyl sites for hydroxylation is 1. The van der Waals surface area contributed by atoms with Crippen molar-refractivity contribution in [3.05, 3.63) is 39.4 Å². The number of halogens is 2. The topological polar surface area (TPSA) is 68.5 Å². The first-order valence-corrected chi connectivity index (χ1v) is 5.75. The molecule has 1 aromatic heterocycles. The van der Waals surface area contributed by atoms with E-state index in [0.717, 1.165) is 6.20 Å². The van der Waals surface area contributed by atoms with Gasteiger partial charge in [0.05, 0.1) is 22.1 Å². The van der Waals surface area contributed by atoms with E-state index in [2.05, 4.69) is 4.74 Å². The van der Waals surface area contributed by atoms with Crippen molar-refractivity contribution < 1.29 is 19.0 Å². The van der Waals surface area contributed by atoms with Crippen LogP contribution in [0.3, 0.4) is 0 Å². The first-order valence-electron chi connectivity index (χ1n) is 5.37. The summed E-state index contributed by atoms with van der Waals surface area (Å²) in [7, 11) is 0. The second-order valence-electron chi connectivity index (χ2n) is 3.73. The average Bonchev–Trinajstić information content (AvgIpc) is 2.36. The second kappa shape index (κ2) is 4.89. The van der Waals surface area contributed by atoms with E-state index in [1.54, 1.807) is 6.92 Å². The highest BCUT2D eigenvalue weighted by Gasteiger charge is 2.16. The van der Waals surface area contributed by atoms with Gasteiger partial charge in [-0.2, -0.15) is 0 Å². The zero-order valence-electron chi connectivity index (χ0n) is 9.81. The Morgan fingerprint density at radius 3 is 2.79 bits per heavy atom. The van der Waals surface area contributed by atoms with Crippen LogP contribution in [-0.4, -0.2) is 15.8 Å². The molecule has 1 aromatic carbocycles. The molecular weight excluding hydrogens is 277 g/mol. The molecule has 100 valence electrons. The highest BCUT2D eigenvalue weighted by atomic mass is 35.5. The van der Waals surface area contributed by atoms with Crippen LogP contribution in [0.15, 0.2) is 23.1 Å². The van der Waals surface area contributed by atoms with Gasteiger partial charge in [0, 0.05) is 6.54 Å². The summed E-state index contributed by atoms with van der Waals surface area (Å²) >= 11 is 5.68. The minimum Gasteiger partial charge on any atom is -0.449 e. The number of carbonyl (C=O) groups is 1. The summed E-state index contributed by atoms with van der Waals surface area (Å²) in [6.45, 7) is 2.04. The van der Waals surface area contributed by atoms with Gasteiger partial charge < -0.3 is 14.4 Å². The number of aromatic nitrogens is 1. The van der Waals surface area contributed by atoms with E-state index < -0.39 is 17.4 Å². The van der Waals surface area contributed by atoms with Crippen molar-refractivity contribution in [1.82, 2.24) is 4.57 Å². The van der Waals surface area contributed by atoms with E-state index in [1.165, 1.54) is 16.7 Å². The van der Waals surface area contributed by atoms with Crippen LogP contribution in [0.4, 0.5) is 9.18 Å². The fourth-order valence-electron chi connectivity index (χ4n) is 1.82. The molecule has 0 aliphatic carbocycles. The first-order chi connectivity index (χ1) is 8.95. The van der Waals surface area contributed by atoms with Crippen molar-refractivity contribution in [2.24, 2.45) is 0 Å². The Morgan fingerprint density at radius 1 is 1.53 bits per heavy atom.